The maximum absolute atomic E-state index is 13.4. The SMILES string of the molecule is CCCCn1c(N2CCCC(C)C2)c(/C=C2\SC(=S)N(CCCOC)C2=O)c(C)c(C#N)c1=O. The van der Waals surface area contributed by atoms with E-state index in [0.29, 0.717) is 46.8 Å². The summed E-state index contributed by atoms with van der Waals surface area (Å²) in [5.41, 5.74) is 1.30. The molecule has 2 saturated heterocycles. The third-order valence-corrected chi connectivity index (χ3v) is 7.80. The zero-order valence-electron chi connectivity index (χ0n) is 20.6. The Bertz CT molecular complexity index is 1070. The minimum absolute atomic E-state index is 0.131. The number of thioether (sulfide) groups is 1. The Labute approximate surface area is 211 Å². The van der Waals surface area contributed by atoms with E-state index in [9.17, 15) is 14.9 Å². The summed E-state index contributed by atoms with van der Waals surface area (Å²) in [6.07, 6.45) is 6.53. The standard InChI is InChI=1S/C25H34N4O3S2/c1-5-6-11-28-22(27-10-7-9-17(2)16-27)19(18(3)20(15-26)23(28)30)14-21-24(31)29(25(33)34-21)12-8-13-32-4/h14,17H,5-13,16H2,1-4H3/b21-14-. The molecule has 0 saturated carbocycles. The van der Waals surface area contributed by atoms with Gasteiger partial charge in [0.05, 0.1) is 4.91 Å². The zero-order valence-corrected chi connectivity index (χ0v) is 22.2. The highest BCUT2D eigenvalue weighted by molar-refractivity contribution is 8.26. The summed E-state index contributed by atoms with van der Waals surface area (Å²) in [6, 6.07) is 2.12. The van der Waals surface area contributed by atoms with Crippen LogP contribution in [0.15, 0.2) is 9.70 Å². The number of amides is 1. The van der Waals surface area contributed by atoms with Crippen LogP contribution in [-0.2, 0) is 16.1 Å². The van der Waals surface area contributed by atoms with Crippen LogP contribution in [0.1, 0.15) is 62.6 Å². The van der Waals surface area contributed by atoms with Gasteiger partial charge < -0.3 is 9.64 Å². The van der Waals surface area contributed by atoms with Crippen molar-refractivity contribution in [2.75, 3.05) is 38.3 Å². The molecule has 3 heterocycles. The van der Waals surface area contributed by atoms with E-state index in [1.165, 1.54) is 11.8 Å². The van der Waals surface area contributed by atoms with Crippen LogP contribution in [0.25, 0.3) is 6.08 Å². The predicted octanol–water partition coefficient (Wildman–Crippen LogP) is 4.30. The number of hydrogen-bond donors (Lipinski definition) is 0. The maximum Gasteiger partial charge on any atom is 0.270 e. The number of nitrogens with zero attached hydrogens (tertiary/aromatic N) is 4. The highest BCUT2D eigenvalue weighted by Crippen LogP contribution is 2.37. The molecule has 2 fully saturated rings. The normalized spacial score (nSPS) is 19.9. The molecule has 0 bridgehead atoms. The van der Waals surface area contributed by atoms with Gasteiger partial charge >= 0.3 is 0 Å². The lowest BCUT2D eigenvalue weighted by Crippen LogP contribution is -2.40. The quantitative estimate of drug-likeness (QED) is 0.283. The predicted molar refractivity (Wildman–Crippen MR) is 142 cm³/mol. The first-order chi connectivity index (χ1) is 16.3. The molecular weight excluding hydrogens is 468 g/mol. The first-order valence-electron chi connectivity index (χ1n) is 12.0. The molecule has 1 aromatic heterocycles. The molecule has 34 heavy (non-hydrogen) atoms. The second-order valence-corrected chi connectivity index (χ2v) is 10.7. The monoisotopic (exact) mass is 502 g/mol. The third kappa shape index (κ3) is 5.56. The van der Waals surface area contributed by atoms with Crippen LogP contribution in [0, 0.1) is 24.2 Å². The summed E-state index contributed by atoms with van der Waals surface area (Å²) < 4.78 is 7.40. The summed E-state index contributed by atoms with van der Waals surface area (Å²) >= 11 is 6.77. The Morgan fingerprint density at radius 1 is 1.29 bits per heavy atom. The van der Waals surface area contributed by atoms with Crippen LogP contribution in [-0.4, -0.2) is 53.0 Å². The zero-order chi connectivity index (χ0) is 24.8. The molecule has 0 radical (unpaired) electrons. The van der Waals surface area contributed by atoms with Crippen LogP contribution >= 0.6 is 24.0 Å². The van der Waals surface area contributed by atoms with Crippen molar-refractivity contribution in [3.8, 4) is 6.07 Å². The van der Waals surface area contributed by atoms with Gasteiger partial charge in [-0.2, -0.15) is 5.26 Å². The second-order valence-electron chi connectivity index (χ2n) is 9.03. The van der Waals surface area contributed by atoms with Gasteiger partial charge in [-0.15, -0.1) is 0 Å². The molecule has 1 unspecified atom stereocenters. The lowest BCUT2D eigenvalue weighted by molar-refractivity contribution is -0.122. The minimum Gasteiger partial charge on any atom is -0.385 e. The van der Waals surface area contributed by atoms with Gasteiger partial charge in [-0.05, 0) is 50.2 Å². The number of pyridine rings is 1. The van der Waals surface area contributed by atoms with Crippen LogP contribution in [0.3, 0.4) is 0 Å². The fourth-order valence-corrected chi connectivity index (χ4v) is 5.87. The number of piperidine rings is 1. The summed E-state index contributed by atoms with van der Waals surface area (Å²) in [5.74, 6) is 1.20. The number of unbranched alkanes of at least 4 members (excludes halogenated alkanes) is 1. The van der Waals surface area contributed by atoms with Crippen molar-refractivity contribution in [3.63, 3.8) is 0 Å². The van der Waals surface area contributed by atoms with Crippen LogP contribution < -0.4 is 10.5 Å². The van der Waals surface area contributed by atoms with Gasteiger partial charge in [0.15, 0.2) is 0 Å². The molecular formula is C25H34N4O3S2. The molecule has 7 nitrogen and oxygen atoms in total. The maximum atomic E-state index is 13.4. The number of carbonyl (C=O) groups is 1. The summed E-state index contributed by atoms with van der Waals surface area (Å²) in [4.78, 5) is 31.0. The summed E-state index contributed by atoms with van der Waals surface area (Å²) in [5, 5.41) is 9.82. The average Bonchev–Trinajstić information content (AvgIpc) is 3.07. The van der Waals surface area contributed by atoms with E-state index >= 15 is 0 Å². The Hall–Kier alpha value is -2.15. The number of carbonyl (C=O) groups excluding carboxylic acids is 1. The second kappa shape index (κ2) is 12.0. The van der Waals surface area contributed by atoms with Gasteiger partial charge in [-0.25, -0.2) is 0 Å². The number of rotatable bonds is 9. The van der Waals surface area contributed by atoms with Crippen molar-refractivity contribution in [2.24, 2.45) is 5.92 Å². The van der Waals surface area contributed by atoms with Gasteiger partial charge in [0.25, 0.3) is 11.5 Å². The average molecular weight is 503 g/mol. The number of nitriles is 1. The molecule has 3 rings (SSSR count). The number of aromatic nitrogens is 1. The first kappa shape index (κ1) is 26.5. The van der Waals surface area contributed by atoms with E-state index in [1.807, 2.05) is 13.0 Å². The highest BCUT2D eigenvalue weighted by Gasteiger charge is 2.33. The van der Waals surface area contributed by atoms with E-state index < -0.39 is 0 Å². The third-order valence-electron chi connectivity index (χ3n) is 6.42. The lowest BCUT2D eigenvalue weighted by Gasteiger charge is -2.36. The Balaban J connectivity index is 2.15. The first-order valence-corrected chi connectivity index (χ1v) is 13.2. The molecule has 2 aliphatic heterocycles. The highest BCUT2D eigenvalue weighted by atomic mass is 32.2. The fourth-order valence-electron chi connectivity index (χ4n) is 4.58. The summed E-state index contributed by atoms with van der Waals surface area (Å²) in [6.45, 7) is 9.42. The van der Waals surface area contributed by atoms with Crippen molar-refractivity contribution in [1.82, 2.24) is 9.47 Å². The molecule has 0 aromatic carbocycles. The Morgan fingerprint density at radius 3 is 2.71 bits per heavy atom. The van der Waals surface area contributed by atoms with E-state index in [2.05, 4.69) is 24.8 Å². The fraction of sp³-hybridized carbons (Fsp3) is 0.600. The summed E-state index contributed by atoms with van der Waals surface area (Å²) in [7, 11) is 1.64. The van der Waals surface area contributed by atoms with Gasteiger partial charge in [0, 0.05) is 45.5 Å². The molecule has 1 atom stereocenters. The number of ether oxygens (including phenoxy) is 1. The molecule has 9 heteroatoms. The number of methoxy groups -OCH3 is 1. The van der Waals surface area contributed by atoms with Crippen molar-refractivity contribution in [1.29, 1.82) is 5.26 Å². The van der Waals surface area contributed by atoms with Gasteiger partial charge in [-0.1, -0.05) is 44.2 Å². The molecule has 1 amide bonds. The molecule has 0 aliphatic carbocycles. The Morgan fingerprint density at radius 2 is 2.06 bits per heavy atom. The van der Waals surface area contributed by atoms with Crippen molar-refractivity contribution < 1.29 is 9.53 Å². The molecule has 184 valence electrons. The van der Waals surface area contributed by atoms with Gasteiger partial charge in [0.1, 0.15) is 21.8 Å². The van der Waals surface area contributed by atoms with E-state index in [0.717, 1.165) is 50.2 Å². The lowest BCUT2D eigenvalue weighted by atomic mass is 9.98. The topological polar surface area (TPSA) is 78.6 Å². The van der Waals surface area contributed by atoms with E-state index in [4.69, 9.17) is 17.0 Å². The Kier molecular flexibility index (Phi) is 9.34. The van der Waals surface area contributed by atoms with Gasteiger partial charge in [0.2, 0.25) is 0 Å². The smallest absolute Gasteiger partial charge is 0.270 e. The molecule has 0 N–H and O–H groups in total. The molecule has 2 aliphatic rings. The largest absolute Gasteiger partial charge is 0.385 e. The van der Waals surface area contributed by atoms with Crippen LogP contribution in [0.5, 0.6) is 0 Å². The number of hydrogen-bond acceptors (Lipinski definition) is 7. The van der Waals surface area contributed by atoms with Gasteiger partial charge in [-0.3, -0.25) is 19.1 Å². The van der Waals surface area contributed by atoms with Crippen molar-refractivity contribution in [2.45, 2.75) is 59.4 Å². The number of anilines is 1. The van der Waals surface area contributed by atoms with Crippen LogP contribution in [0.4, 0.5) is 5.82 Å². The van der Waals surface area contributed by atoms with Crippen molar-refractivity contribution in [3.05, 3.63) is 31.9 Å². The van der Waals surface area contributed by atoms with Crippen molar-refractivity contribution >= 4 is 46.1 Å². The van der Waals surface area contributed by atoms with E-state index in [1.54, 1.807) is 16.6 Å². The molecule has 1 aromatic rings. The number of thiocarbonyl (C=S) groups is 1. The minimum atomic E-state index is -0.244. The molecule has 0 spiro atoms. The van der Waals surface area contributed by atoms with Crippen LogP contribution in [0.2, 0.25) is 0 Å². The van der Waals surface area contributed by atoms with E-state index in [-0.39, 0.29) is 17.0 Å².